The molecule has 0 aliphatic carbocycles. The number of aliphatic hydroxyl groups is 1. The number of pyridine rings is 1. The number of halogens is 2. The number of aromatic nitrogens is 1. The fraction of sp³-hybridized carbons (Fsp3) is 0.611. The summed E-state index contributed by atoms with van der Waals surface area (Å²) < 4.78 is 20.4. The van der Waals surface area contributed by atoms with Crippen LogP contribution in [0.25, 0.3) is 0 Å². The van der Waals surface area contributed by atoms with Gasteiger partial charge in [0.05, 0.1) is 12.1 Å². The zero-order chi connectivity index (χ0) is 21.1. The minimum absolute atomic E-state index is 0.0413. The molecule has 3 aliphatic heterocycles. The molecule has 2 atom stereocenters. The van der Waals surface area contributed by atoms with Crippen LogP contribution in [0.3, 0.4) is 0 Å². The van der Waals surface area contributed by atoms with Gasteiger partial charge in [-0.1, -0.05) is 11.6 Å². The fourth-order valence-electron chi connectivity index (χ4n) is 4.37. The first-order valence-corrected chi connectivity index (χ1v) is 9.74. The molecule has 0 bridgehead atoms. The molecule has 11 heteroatoms. The number of piperazine rings is 1. The van der Waals surface area contributed by atoms with E-state index in [1.165, 1.54) is 9.80 Å². The van der Waals surface area contributed by atoms with Crippen molar-refractivity contribution in [2.75, 3.05) is 37.7 Å². The van der Waals surface area contributed by atoms with Crippen LogP contribution in [0.2, 0.25) is 5.15 Å². The van der Waals surface area contributed by atoms with Gasteiger partial charge in [0.15, 0.2) is 10.9 Å². The molecule has 0 spiro atoms. The molecule has 9 nitrogen and oxygen atoms in total. The van der Waals surface area contributed by atoms with Crippen molar-refractivity contribution in [3.63, 3.8) is 0 Å². The van der Waals surface area contributed by atoms with Gasteiger partial charge in [-0.3, -0.25) is 4.79 Å². The van der Waals surface area contributed by atoms with E-state index in [4.69, 9.17) is 16.3 Å². The molecule has 0 saturated carbocycles. The number of hydrogen-bond acceptors (Lipinski definition) is 6. The van der Waals surface area contributed by atoms with Crippen molar-refractivity contribution in [1.29, 1.82) is 0 Å². The Bertz CT molecular complexity index is 882. The summed E-state index contributed by atoms with van der Waals surface area (Å²) in [5.41, 5.74) is -0.574. The molecule has 2 saturated heterocycles. The Morgan fingerprint density at radius 2 is 2.07 bits per heavy atom. The third kappa shape index (κ3) is 3.24. The molecule has 3 aliphatic rings. The minimum atomic E-state index is -1.08. The standard InChI is InChI=1S/C18H22ClFN4O5/c1-18(2)5-10(25)7-24(18)15-11-13(12(20)14(19)21-15)29-8-9-6-22(17(27)28)3-4-23(9)16(11)26/h9-10,25H,3-8H2,1-2H3,(H,27,28)/t9-,10+/m1/s1. The summed E-state index contributed by atoms with van der Waals surface area (Å²) >= 11 is 6.01. The second-order valence-electron chi connectivity index (χ2n) is 8.22. The summed E-state index contributed by atoms with van der Waals surface area (Å²) in [6.07, 6.45) is -1.25. The lowest BCUT2D eigenvalue weighted by Crippen LogP contribution is -2.57. The number of carbonyl (C=O) groups is 2. The number of carboxylic acid groups (broad SMARTS) is 1. The summed E-state index contributed by atoms with van der Waals surface area (Å²) in [6, 6.07) is -0.553. The number of aliphatic hydroxyl groups excluding tert-OH is 1. The quantitative estimate of drug-likeness (QED) is 0.651. The molecule has 2 N–H and O–H groups in total. The van der Waals surface area contributed by atoms with Crippen molar-refractivity contribution in [3.05, 3.63) is 16.5 Å². The number of ether oxygens (including phenoxy) is 1. The first-order valence-electron chi connectivity index (χ1n) is 9.36. The van der Waals surface area contributed by atoms with Crippen LogP contribution < -0.4 is 9.64 Å². The van der Waals surface area contributed by atoms with E-state index in [1.54, 1.807) is 4.90 Å². The third-order valence-corrected chi connectivity index (χ3v) is 6.05. The van der Waals surface area contributed by atoms with E-state index >= 15 is 0 Å². The lowest BCUT2D eigenvalue weighted by atomic mass is 10.0. The van der Waals surface area contributed by atoms with E-state index in [-0.39, 0.29) is 49.9 Å². The predicted octanol–water partition coefficient (Wildman–Crippen LogP) is 1.42. The molecule has 4 rings (SSSR count). The molecule has 0 unspecified atom stereocenters. The number of β-amino-alcohol motifs (C(OH)–C–C–N with tert-alkyl or cyclic N) is 1. The number of rotatable bonds is 1. The van der Waals surface area contributed by atoms with Crippen LogP contribution in [-0.4, -0.2) is 87.5 Å². The summed E-state index contributed by atoms with van der Waals surface area (Å²) in [4.78, 5) is 33.3. The normalized spacial score (nSPS) is 26.0. The molecular weight excluding hydrogens is 407 g/mol. The molecule has 1 aromatic rings. The summed E-state index contributed by atoms with van der Waals surface area (Å²) in [5, 5.41) is 19.0. The molecule has 0 aromatic carbocycles. The van der Waals surface area contributed by atoms with Crippen LogP contribution in [0.4, 0.5) is 15.0 Å². The zero-order valence-corrected chi connectivity index (χ0v) is 16.8. The van der Waals surface area contributed by atoms with E-state index in [9.17, 15) is 24.2 Å². The number of nitrogens with zero attached hydrogens (tertiary/aromatic N) is 4. The van der Waals surface area contributed by atoms with Crippen LogP contribution in [0.1, 0.15) is 30.6 Å². The van der Waals surface area contributed by atoms with Crippen molar-refractivity contribution in [3.8, 4) is 5.75 Å². The Balaban J connectivity index is 1.80. The van der Waals surface area contributed by atoms with Crippen molar-refractivity contribution < 1.29 is 28.9 Å². The summed E-state index contributed by atoms with van der Waals surface area (Å²) in [6.45, 7) is 4.33. The van der Waals surface area contributed by atoms with Crippen molar-refractivity contribution in [2.24, 2.45) is 0 Å². The van der Waals surface area contributed by atoms with Gasteiger partial charge in [-0.25, -0.2) is 9.78 Å². The van der Waals surface area contributed by atoms with Gasteiger partial charge in [-0.2, -0.15) is 4.39 Å². The van der Waals surface area contributed by atoms with E-state index in [0.29, 0.717) is 6.42 Å². The van der Waals surface area contributed by atoms with Gasteiger partial charge >= 0.3 is 6.09 Å². The minimum Gasteiger partial charge on any atom is -0.487 e. The summed E-state index contributed by atoms with van der Waals surface area (Å²) in [7, 11) is 0. The molecule has 1 aromatic heterocycles. The Morgan fingerprint density at radius 3 is 2.69 bits per heavy atom. The molecule has 2 amide bonds. The van der Waals surface area contributed by atoms with Crippen LogP contribution in [0.15, 0.2) is 0 Å². The SMILES string of the molecule is CC1(C)C[C@H](O)CN1c1nc(Cl)c(F)c2c1C(=O)N1CCN(C(=O)O)C[C@@H]1CO2. The van der Waals surface area contributed by atoms with Gasteiger partial charge in [-0.15, -0.1) is 0 Å². The van der Waals surface area contributed by atoms with Crippen LogP contribution in [0, 0.1) is 5.82 Å². The van der Waals surface area contributed by atoms with Crippen LogP contribution >= 0.6 is 11.6 Å². The maximum absolute atomic E-state index is 14.8. The van der Waals surface area contributed by atoms with E-state index in [2.05, 4.69) is 4.98 Å². The Morgan fingerprint density at radius 1 is 1.34 bits per heavy atom. The lowest BCUT2D eigenvalue weighted by Gasteiger charge is -2.39. The topological polar surface area (TPSA) is 106 Å². The average molecular weight is 429 g/mol. The highest BCUT2D eigenvalue weighted by Gasteiger charge is 2.45. The van der Waals surface area contributed by atoms with E-state index < -0.39 is 40.7 Å². The van der Waals surface area contributed by atoms with Crippen LogP contribution in [0.5, 0.6) is 5.75 Å². The number of anilines is 1. The van der Waals surface area contributed by atoms with Crippen LogP contribution in [-0.2, 0) is 0 Å². The maximum atomic E-state index is 14.8. The number of carbonyl (C=O) groups excluding carboxylic acids is 1. The van der Waals surface area contributed by atoms with E-state index in [1.807, 2.05) is 13.8 Å². The Kier molecular flexibility index (Phi) is 4.73. The van der Waals surface area contributed by atoms with Gasteiger partial charge in [-0.05, 0) is 20.3 Å². The number of amides is 2. The summed E-state index contributed by atoms with van der Waals surface area (Å²) in [5.74, 6) is -1.52. The Labute approximate surface area is 171 Å². The average Bonchev–Trinajstić information content (AvgIpc) is 2.84. The van der Waals surface area contributed by atoms with Gasteiger partial charge < -0.3 is 29.6 Å². The third-order valence-electron chi connectivity index (χ3n) is 5.80. The van der Waals surface area contributed by atoms with Crippen molar-refractivity contribution in [1.82, 2.24) is 14.8 Å². The first kappa shape index (κ1) is 20.0. The van der Waals surface area contributed by atoms with Crippen molar-refractivity contribution >= 4 is 29.4 Å². The smallest absolute Gasteiger partial charge is 0.407 e. The molecule has 4 heterocycles. The van der Waals surface area contributed by atoms with Crippen molar-refractivity contribution in [2.45, 2.75) is 38.0 Å². The fourth-order valence-corrected chi connectivity index (χ4v) is 4.54. The lowest BCUT2D eigenvalue weighted by molar-refractivity contribution is 0.0388. The monoisotopic (exact) mass is 428 g/mol. The molecule has 0 radical (unpaired) electrons. The highest BCUT2D eigenvalue weighted by Crippen LogP contribution is 2.42. The first-order chi connectivity index (χ1) is 13.6. The largest absolute Gasteiger partial charge is 0.487 e. The molecule has 29 heavy (non-hydrogen) atoms. The molecule has 158 valence electrons. The van der Waals surface area contributed by atoms with E-state index in [0.717, 1.165) is 0 Å². The van der Waals surface area contributed by atoms with Gasteiger partial charge in [0, 0.05) is 31.7 Å². The second-order valence-corrected chi connectivity index (χ2v) is 8.58. The highest BCUT2D eigenvalue weighted by atomic mass is 35.5. The molecular formula is C18H22ClFN4O5. The number of fused-ring (bicyclic) bond motifs is 2. The van der Waals surface area contributed by atoms with Gasteiger partial charge in [0.25, 0.3) is 5.91 Å². The maximum Gasteiger partial charge on any atom is 0.407 e. The van der Waals surface area contributed by atoms with Gasteiger partial charge in [0.1, 0.15) is 18.0 Å². The second kappa shape index (κ2) is 6.88. The predicted molar refractivity (Wildman–Crippen MR) is 101 cm³/mol. The zero-order valence-electron chi connectivity index (χ0n) is 16.1. The highest BCUT2D eigenvalue weighted by molar-refractivity contribution is 6.30. The Hall–Kier alpha value is -2.33. The molecule has 2 fully saturated rings. The van der Waals surface area contributed by atoms with Gasteiger partial charge in [0.2, 0.25) is 5.82 Å². The number of hydrogen-bond donors (Lipinski definition) is 2.